The molecular weight excluding hydrogens is 437 g/mol. The van der Waals surface area contributed by atoms with Gasteiger partial charge in [0, 0.05) is 5.56 Å². The summed E-state index contributed by atoms with van der Waals surface area (Å²) in [5.41, 5.74) is 1.90. The first-order valence-electron chi connectivity index (χ1n) is 14.2. The van der Waals surface area contributed by atoms with Crippen LogP contribution in [0.4, 0.5) is 4.39 Å². The van der Waals surface area contributed by atoms with E-state index in [0.717, 1.165) is 42.9 Å². The lowest BCUT2D eigenvalue weighted by molar-refractivity contribution is 0.183. The van der Waals surface area contributed by atoms with Crippen LogP contribution >= 0.6 is 0 Å². The van der Waals surface area contributed by atoms with Crippen LogP contribution in [-0.2, 0) is 0 Å². The topological polar surface area (TPSA) is 31.4 Å². The van der Waals surface area contributed by atoms with Crippen molar-refractivity contribution in [2.45, 2.75) is 116 Å². The molecule has 1 atom stereocenters. The van der Waals surface area contributed by atoms with E-state index in [1.807, 2.05) is 36.4 Å². The number of halogens is 1. The minimum atomic E-state index is -0.917. The Bertz CT molecular complexity index is 748. The van der Waals surface area contributed by atoms with Gasteiger partial charge in [-0.3, -0.25) is 4.98 Å². The van der Waals surface area contributed by atoms with Crippen LogP contribution in [0.3, 0.4) is 0 Å². The number of benzene rings is 1. The number of pyridine rings is 1. The van der Waals surface area contributed by atoms with Gasteiger partial charge >= 0.3 is 0 Å². The van der Waals surface area contributed by atoms with E-state index in [9.17, 15) is 4.39 Å². The minimum absolute atomic E-state index is 0.0970. The highest BCUT2D eigenvalue weighted by atomic mass is 19.1. The SMILES string of the molecule is CCCCCCCCCCCOc1ccc(-c2ccc(OCC(F)CCCCCCC)cn2)cc1. The highest BCUT2D eigenvalue weighted by Crippen LogP contribution is 2.23. The molecule has 0 bridgehead atoms. The largest absolute Gasteiger partial charge is 0.494 e. The number of hydrogen-bond acceptors (Lipinski definition) is 3. The Morgan fingerprint density at radius 1 is 0.657 bits per heavy atom. The molecule has 4 heteroatoms. The molecule has 0 amide bonds. The number of rotatable bonds is 21. The maximum Gasteiger partial charge on any atom is 0.137 e. The molecule has 0 radical (unpaired) electrons. The first-order chi connectivity index (χ1) is 17.2. The zero-order valence-corrected chi connectivity index (χ0v) is 22.3. The zero-order valence-electron chi connectivity index (χ0n) is 22.3. The molecular formula is C31H48FNO2. The lowest BCUT2D eigenvalue weighted by Crippen LogP contribution is -2.12. The Morgan fingerprint density at radius 3 is 1.83 bits per heavy atom. The van der Waals surface area contributed by atoms with Gasteiger partial charge in [-0.05, 0) is 49.2 Å². The highest BCUT2D eigenvalue weighted by molar-refractivity contribution is 5.60. The van der Waals surface area contributed by atoms with Gasteiger partial charge in [0.1, 0.15) is 24.3 Å². The van der Waals surface area contributed by atoms with Gasteiger partial charge < -0.3 is 9.47 Å². The Hall–Kier alpha value is -2.10. The smallest absolute Gasteiger partial charge is 0.137 e. The number of ether oxygens (including phenoxy) is 2. The van der Waals surface area contributed by atoms with E-state index in [1.165, 1.54) is 70.6 Å². The molecule has 35 heavy (non-hydrogen) atoms. The van der Waals surface area contributed by atoms with Gasteiger partial charge in [0.25, 0.3) is 0 Å². The van der Waals surface area contributed by atoms with Crippen LogP contribution in [0.5, 0.6) is 11.5 Å². The number of unbranched alkanes of at least 4 members (excludes halogenated alkanes) is 12. The fourth-order valence-electron chi connectivity index (χ4n) is 4.20. The standard InChI is InChI=1S/C31H48FNO2/c1-3-5-7-9-10-11-12-14-16-24-34-29-20-18-27(19-21-29)31-23-22-30(25-33-31)35-26-28(32)17-15-13-8-6-4-2/h18-23,25,28H,3-17,24,26H2,1-2H3. The van der Waals surface area contributed by atoms with E-state index in [1.54, 1.807) is 6.20 Å². The van der Waals surface area contributed by atoms with Gasteiger partial charge in [0.05, 0.1) is 18.5 Å². The molecule has 1 aromatic heterocycles. The predicted octanol–water partition coefficient (Wildman–Crippen LogP) is 9.74. The molecule has 1 aromatic carbocycles. The Kier molecular flexibility index (Phi) is 15.9. The number of hydrogen-bond donors (Lipinski definition) is 0. The Balaban J connectivity index is 1.60. The molecule has 0 aliphatic rings. The van der Waals surface area contributed by atoms with E-state index in [-0.39, 0.29) is 6.61 Å². The van der Waals surface area contributed by atoms with Crippen LogP contribution in [0, 0.1) is 0 Å². The predicted molar refractivity (Wildman–Crippen MR) is 146 cm³/mol. The quantitative estimate of drug-likeness (QED) is 0.165. The second-order valence-electron chi connectivity index (χ2n) is 9.69. The summed E-state index contributed by atoms with van der Waals surface area (Å²) in [6, 6.07) is 11.9. The second kappa shape index (κ2) is 19.1. The Labute approximate surface area is 213 Å². The first kappa shape index (κ1) is 29.1. The van der Waals surface area contributed by atoms with Gasteiger partial charge in [-0.1, -0.05) is 97.3 Å². The summed E-state index contributed by atoms with van der Waals surface area (Å²) in [5, 5.41) is 0. The summed E-state index contributed by atoms with van der Waals surface area (Å²) in [6.07, 6.45) is 18.9. The third kappa shape index (κ3) is 13.5. The summed E-state index contributed by atoms with van der Waals surface area (Å²) in [4.78, 5) is 4.49. The van der Waals surface area contributed by atoms with Gasteiger partial charge in [-0.25, -0.2) is 4.39 Å². The van der Waals surface area contributed by atoms with Crippen molar-refractivity contribution in [3.05, 3.63) is 42.6 Å². The molecule has 1 heterocycles. The van der Waals surface area contributed by atoms with Crippen molar-refractivity contribution in [3.8, 4) is 22.8 Å². The van der Waals surface area contributed by atoms with Crippen molar-refractivity contribution in [1.29, 1.82) is 0 Å². The number of aromatic nitrogens is 1. The second-order valence-corrected chi connectivity index (χ2v) is 9.69. The van der Waals surface area contributed by atoms with Crippen molar-refractivity contribution in [2.24, 2.45) is 0 Å². The Morgan fingerprint density at radius 2 is 1.23 bits per heavy atom. The van der Waals surface area contributed by atoms with Crippen LogP contribution in [0.1, 0.15) is 110 Å². The molecule has 0 N–H and O–H groups in total. The maximum absolute atomic E-state index is 14.0. The summed E-state index contributed by atoms with van der Waals surface area (Å²) >= 11 is 0. The van der Waals surface area contributed by atoms with Crippen LogP contribution in [-0.4, -0.2) is 24.4 Å². The molecule has 196 valence electrons. The summed E-state index contributed by atoms with van der Waals surface area (Å²) in [5.74, 6) is 1.51. The third-order valence-electron chi connectivity index (χ3n) is 6.45. The van der Waals surface area contributed by atoms with E-state index >= 15 is 0 Å². The third-order valence-corrected chi connectivity index (χ3v) is 6.45. The van der Waals surface area contributed by atoms with Crippen molar-refractivity contribution < 1.29 is 13.9 Å². The monoisotopic (exact) mass is 485 g/mol. The lowest BCUT2D eigenvalue weighted by atomic mass is 10.1. The number of nitrogens with zero attached hydrogens (tertiary/aromatic N) is 1. The first-order valence-corrected chi connectivity index (χ1v) is 14.2. The molecule has 3 nitrogen and oxygen atoms in total. The molecule has 1 unspecified atom stereocenters. The maximum atomic E-state index is 14.0. The molecule has 2 rings (SSSR count). The van der Waals surface area contributed by atoms with Crippen molar-refractivity contribution in [2.75, 3.05) is 13.2 Å². The molecule has 0 saturated heterocycles. The lowest BCUT2D eigenvalue weighted by Gasteiger charge is -2.11. The molecule has 0 saturated carbocycles. The van der Waals surface area contributed by atoms with E-state index in [2.05, 4.69) is 18.8 Å². The molecule has 0 fully saturated rings. The van der Waals surface area contributed by atoms with Gasteiger partial charge in [-0.15, -0.1) is 0 Å². The highest BCUT2D eigenvalue weighted by Gasteiger charge is 2.08. The van der Waals surface area contributed by atoms with E-state index in [0.29, 0.717) is 12.2 Å². The van der Waals surface area contributed by atoms with Crippen LogP contribution in [0.25, 0.3) is 11.3 Å². The van der Waals surface area contributed by atoms with Crippen molar-refractivity contribution in [1.82, 2.24) is 4.98 Å². The average Bonchev–Trinajstić information content (AvgIpc) is 2.89. The van der Waals surface area contributed by atoms with Crippen molar-refractivity contribution in [3.63, 3.8) is 0 Å². The van der Waals surface area contributed by atoms with Gasteiger partial charge in [0.15, 0.2) is 0 Å². The minimum Gasteiger partial charge on any atom is -0.494 e. The zero-order chi connectivity index (χ0) is 25.0. The normalized spacial score (nSPS) is 12.0. The summed E-state index contributed by atoms with van der Waals surface area (Å²) in [7, 11) is 0. The fraction of sp³-hybridized carbons (Fsp3) is 0.645. The molecule has 2 aromatic rings. The summed E-state index contributed by atoms with van der Waals surface area (Å²) in [6.45, 7) is 5.32. The molecule has 0 aliphatic heterocycles. The summed E-state index contributed by atoms with van der Waals surface area (Å²) < 4.78 is 25.5. The van der Waals surface area contributed by atoms with E-state index in [4.69, 9.17) is 9.47 Å². The number of alkyl halides is 1. The molecule has 0 aliphatic carbocycles. The van der Waals surface area contributed by atoms with Crippen LogP contribution < -0.4 is 9.47 Å². The van der Waals surface area contributed by atoms with Gasteiger partial charge in [-0.2, -0.15) is 0 Å². The van der Waals surface area contributed by atoms with E-state index < -0.39 is 6.17 Å². The molecule has 0 spiro atoms. The fourth-order valence-corrected chi connectivity index (χ4v) is 4.20. The van der Waals surface area contributed by atoms with Crippen molar-refractivity contribution >= 4 is 0 Å². The van der Waals surface area contributed by atoms with Gasteiger partial charge in [0.2, 0.25) is 0 Å². The average molecular weight is 486 g/mol. The van der Waals surface area contributed by atoms with Crippen LogP contribution in [0.2, 0.25) is 0 Å². The van der Waals surface area contributed by atoms with Crippen LogP contribution in [0.15, 0.2) is 42.6 Å².